The molecule has 1 aliphatic heterocycles. The fourth-order valence-electron chi connectivity index (χ4n) is 2.58. The summed E-state index contributed by atoms with van der Waals surface area (Å²) in [5.74, 6) is -0.419. The highest BCUT2D eigenvalue weighted by molar-refractivity contribution is 6.09. The zero-order chi connectivity index (χ0) is 14.8. The van der Waals surface area contributed by atoms with Gasteiger partial charge in [-0.1, -0.05) is 43.3 Å². The van der Waals surface area contributed by atoms with Crippen LogP contribution in [0.3, 0.4) is 0 Å². The maximum Gasteiger partial charge on any atom is 0.272 e. The van der Waals surface area contributed by atoms with Crippen LogP contribution in [-0.2, 0) is 0 Å². The highest BCUT2D eigenvalue weighted by atomic mass is 16.2. The Hall–Kier alpha value is -2.62. The number of fused-ring (bicyclic) bond motifs is 3. The van der Waals surface area contributed by atoms with E-state index >= 15 is 0 Å². The van der Waals surface area contributed by atoms with Gasteiger partial charge in [-0.25, -0.2) is 5.01 Å². The summed E-state index contributed by atoms with van der Waals surface area (Å²) >= 11 is 0. The molecule has 0 atom stereocenters. The molecule has 1 heterocycles. The molecule has 3 rings (SSSR count). The number of carbonyl (C=O) groups is 2. The van der Waals surface area contributed by atoms with Gasteiger partial charge in [0.2, 0.25) is 0 Å². The number of hydrazine groups is 1. The smallest absolute Gasteiger partial charge is 0.267 e. The largest absolute Gasteiger partial charge is 0.272 e. The minimum absolute atomic E-state index is 0.171. The molecule has 0 saturated carbocycles. The van der Waals surface area contributed by atoms with Gasteiger partial charge in [0.25, 0.3) is 11.8 Å². The molecule has 4 nitrogen and oxygen atoms in total. The normalized spacial score (nSPS) is 13.9. The van der Waals surface area contributed by atoms with E-state index in [1.54, 1.807) is 12.1 Å². The van der Waals surface area contributed by atoms with Crippen LogP contribution in [0.5, 0.6) is 0 Å². The molecule has 0 radical (unpaired) electrons. The molecule has 0 unspecified atom stereocenters. The Labute approximate surface area is 123 Å². The molecule has 2 aromatic carbocycles. The fourth-order valence-corrected chi connectivity index (χ4v) is 2.58. The van der Waals surface area contributed by atoms with Gasteiger partial charge in [0, 0.05) is 17.7 Å². The molecular formula is C17H16N2O2. The van der Waals surface area contributed by atoms with Crippen molar-refractivity contribution in [2.75, 3.05) is 6.54 Å². The minimum Gasteiger partial charge on any atom is -0.267 e. The van der Waals surface area contributed by atoms with Gasteiger partial charge < -0.3 is 0 Å². The molecule has 2 aromatic rings. The van der Waals surface area contributed by atoms with Crippen LogP contribution in [0, 0.1) is 0 Å². The lowest BCUT2D eigenvalue weighted by atomic mass is 9.94. The third-order valence-electron chi connectivity index (χ3n) is 3.55. The van der Waals surface area contributed by atoms with Gasteiger partial charge in [-0.15, -0.1) is 0 Å². The number of rotatable bonds is 2. The molecule has 2 amide bonds. The zero-order valence-electron chi connectivity index (χ0n) is 11.8. The predicted molar refractivity (Wildman–Crippen MR) is 80.7 cm³/mol. The van der Waals surface area contributed by atoms with Crippen molar-refractivity contribution in [3.05, 3.63) is 59.7 Å². The van der Waals surface area contributed by atoms with Crippen molar-refractivity contribution < 1.29 is 9.59 Å². The van der Waals surface area contributed by atoms with Crippen LogP contribution >= 0.6 is 0 Å². The topological polar surface area (TPSA) is 49.4 Å². The number of hydrogen-bond acceptors (Lipinski definition) is 2. The molecule has 0 saturated heterocycles. The van der Waals surface area contributed by atoms with Crippen LogP contribution < -0.4 is 5.43 Å². The summed E-state index contributed by atoms with van der Waals surface area (Å²) in [6.45, 7) is 2.46. The summed E-state index contributed by atoms with van der Waals surface area (Å²) in [6, 6.07) is 14.8. The van der Waals surface area contributed by atoms with Crippen molar-refractivity contribution in [1.29, 1.82) is 0 Å². The number of amides is 2. The molecule has 1 N–H and O–H groups in total. The summed E-state index contributed by atoms with van der Waals surface area (Å²) in [5.41, 5.74) is 5.49. The third-order valence-corrected chi connectivity index (χ3v) is 3.55. The first kappa shape index (κ1) is 13.4. The van der Waals surface area contributed by atoms with Crippen molar-refractivity contribution in [3.8, 4) is 11.1 Å². The van der Waals surface area contributed by atoms with E-state index in [1.165, 1.54) is 5.01 Å². The molecule has 0 fully saturated rings. The average molecular weight is 280 g/mol. The lowest BCUT2D eigenvalue weighted by Gasteiger charge is -2.27. The van der Waals surface area contributed by atoms with Gasteiger partial charge >= 0.3 is 0 Å². The van der Waals surface area contributed by atoms with E-state index < -0.39 is 0 Å². The van der Waals surface area contributed by atoms with Gasteiger partial charge in [0.1, 0.15) is 0 Å². The second-order valence-electron chi connectivity index (χ2n) is 4.99. The van der Waals surface area contributed by atoms with E-state index in [1.807, 2.05) is 43.3 Å². The van der Waals surface area contributed by atoms with Crippen LogP contribution in [0.4, 0.5) is 0 Å². The monoisotopic (exact) mass is 280 g/mol. The molecule has 0 aromatic heterocycles. The second kappa shape index (κ2) is 5.40. The lowest BCUT2D eigenvalue weighted by molar-refractivity contribution is 0.0581. The standard InChI is InChI=1S/C17H16N2O2/c1-2-11-19-17(21)15-10-6-4-8-13(15)12-7-3-5-9-14(12)16(20)18-19/h3-10H,2,11H2,1H3,(H,18,20). The Kier molecular flexibility index (Phi) is 3.44. The Morgan fingerprint density at radius 2 is 1.38 bits per heavy atom. The van der Waals surface area contributed by atoms with Gasteiger partial charge in [-0.3, -0.25) is 15.0 Å². The van der Waals surface area contributed by atoms with E-state index in [4.69, 9.17) is 0 Å². The molecule has 0 bridgehead atoms. The summed E-state index contributed by atoms with van der Waals surface area (Å²) in [4.78, 5) is 25.0. The molecule has 0 spiro atoms. The SMILES string of the molecule is CCCN1NC(=O)c2ccccc2-c2ccccc2C1=O. The van der Waals surface area contributed by atoms with E-state index in [9.17, 15) is 9.59 Å². The Morgan fingerprint density at radius 3 is 2.00 bits per heavy atom. The first-order valence-electron chi connectivity index (χ1n) is 7.03. The molecular weight excluding hydrogens is 264 g/mol. The van der Waals surface area contributed by atoms with Crippen molar-refractivity contribution in [1.82, 2.24) is 10.4 Å². The van der Waals surface area contributed by atoms with Gasteiger partial charge in [0.15, 0.2) is 0 Å². The van der Waals surface area contributed by atoms with E-state index in [0.29, 0.717) is 17.7 Å². The van der Waals surface area contributed by atoms with E-state index in [2.05, 4.69) is 5.43 Å². The highest BCUT2D eigenvalue weighted by Crippen LogP contribution is 2.29. The summed E-state index contributed by atoms with van der Waals surface area (Å²) in [6.07, 6.45) is 0.774. The van der Waals surface area contributed by atoms with Crippen LogP contribution in [-0.4, -0.2) is 23.4 Å². The maximum absolute atomic E-state index is 12.6. The first-order chi connectivity index (χ1) is 10.2. The summed E-state index contributed by atoms with van der Waals surface area (Å²) in [7, 11) is 0. The van der Waals surface area contributed by atoms with Crippen molar-refractivity contribution >= 4 is 11.8 Å². The third kappa shape index (κ3) is 2.29. The lowest BCUT2D eigenvalue weighted by Crippen LogP contribution is -2.47. The second-order valence-corrected chi connectivity index (χ2v) is 4.99. The molecule has 21 heavy (non-hydrogen) atoms. The predicted octanol–water partition coefficient (Wildman–Crippen LogP) is 2.86. The Morgan fingerprint density at radius 1 is 0.857 bits per heavy atom. The van der Waals surface area contributed by atoms with Crippen molar-refractivity contribution in [2.24, 2.45) is 0 Å². The first-order valence-corrected chi connectivity index (χ1v) is 7.03. The van der Waals surface area contributed by atoms with Gasteiger partial charge in [0.05, 0.1) is 0 Å². The highest BCUT2D eigenvalue weighted by Gasteiger charge is 2.26. The maximum atomic E-state index is 12.6. The molecule has 4 heteroatoms. The Balaban J connectivity index is 2.23. The quantitative estimate of drug-likeness (QED) is 0.919. The number of nitrogens with one attached hydrogen (secondary N) is 1. The molecule has 0 aliphatic carbocycles. The number of nitrogens with zero attached hydrogens (tertiary/aromatic N) is 1. The fraction of sp³-hybridized carbons (Fsp3) is 0.176. The van der Waals surface area contributed by atoms with E-state index in [0.717, 1.165) is 17.5 Å². The van der Waals surface area contributed by atoms with Crippen molar-refractivity contribution in [3.63, 3.8) is 0 Å². The number of carbonyl (C=O) groups excluding carboxylic acids is 2. The number of benzene rings is 2. The summed E-state index contributed by atoms with van der Waals surface area (Å²) in [5, 5.41) is 1.40. The van der Waals surface area contributed by atoms with Gasteiger partial charge in [-0.2, -0.15) is 0 Å². The van der Waals surface area contributed by atoms with E-state index in [-0.39, 0.29) is 11.8 Å². The van der Waals surface area contributed by atoms with Gasteiger partial charge in [-0.05, 0) is 29.7 Å². The zero-order valence-corrected chi connectivity index (χ0v) is 11.8. The van der Waals surface area contributed by atoms with Crippen LogP contribution in [0.2, 0.25) is 0 Å². The average Bonchev–Trinajstić information content (AvgIpc) is 2.53. The van der Waals surface area contributed by atoms with Crippen LogP contribution in [0.1, 0.15) is 34.1 Å². The molecule has 106 valence electrons. The van der Waals surface area contributed by atoms with Crippen LogP contribution in [0.15, 0.2) is 48.5 Å². The number of hydrogen-bond donors (Lipinski definition) is 1. The minimum atomic E-state index is -0.248. The summed E-state index contributed by atoms with van der Waals surface area (Å²) < 4.78 is 0. The van der Waals surface area contributed by atoms with Crippen LogP contribution in [0.25, 0.3) is 11.1 Å². The molecule has 1 aliphatic rings. The van der Waals surface area contributed by atoms with Crippen molar-refractivity contribution in [2.45, 2.75) is 13.3 Å². The Bertz CT molecular complexity index is 709.